The van der Waals surface area contributed by atoms with Crippen molar-refractivity contribution in [3.8, 4) is 11.3 Å². The summed E-state index contributed by atoms with van der Waals surface area (Å²) in [6.07, 6.45) is 1.82. The van der Waals surface area contributed by atoms with Gasteiger partial charge in [-0.05, 0) is 25.8 Å². The normalized spacial score (nSPS) is 10.8. The van der Waals surface area contributed by atoms with Gasteiger partial charge in [-0.1, -0.05) is 42.8 Å². The van der Waals surface area contributed by atoms with Gasteiger partial charge in [-0.2, -0.15) is 0 Å². The van der Waals surface area contributed by atoms with Crippen molar-refractivity contribution in [2.45, 2.75) is 39.7 Å². The van der Waals surface area contributed by atoms with Crippen LogP contribution >= 0.6 is 0 Å². The molecule has 2 aromatic rings. The maximum Gasteiger partial charge on any atom is 0.273 e. The second-order valence-electron chi connectivity index (χ2n) is 4.93. The van der Waals surface area contributed by atoms with E-state index in [2.05, 4.69) is 24.3 Å². The molecule has 1 amide bonds. The molecule has 106 valence electrons. The van der Waals surface area contributed by atoms with E-state index in [4.69, 9.17) is 4.52 Å². The van der Waals surface area contributed by atoms with Crippen molar-refractivity contribution < 1.29 is 9.32 Å². The SMILES string of the molecule is CCC(CC)NC(=O)c1cc(-c2cccc(C)c2)on1. The van der Waals surface area contributed by atoms with Crippen LogP contribution in [0.15, 0.2) is 34.9 Å². The molecule has 4 nitrogen and oxygen atoms in total. The minimum Gasteiger partial charge on any atom is -0.355 e. The van der Waals surface area contributed by atoms with Crippen molar-refractivity contribution in [1.82, 2.24) is 10.5 Å². The number of nitrogens with one attached hydrogen (secondary N) is 1. The second-order valence-corrected chi connectivity index (χ2v) is 4.93. The van der Waals surface area contributed by atoms with Gasteiger partial charge in [-0.15, -0.1) is 0 Å². The predicted octanol–water partition coefficient (Wildman–Crippen LogP) is 3.57. The molecule has 0 saturated heterocycles. The number of aryl methyl sites for hydroxylation is 1. The van der Waals surface area contributed by atoms with Crippen LogP contribution in [-0.4, -0.2) is 17.1 Å². The first kappa shape index (κ1) is 14.3. The first-order valence-electron chi connectivity index (χ1n) is 6.98. The van der Waals surface area contributed by atoms with Gasteiger partial charge < -0.3 is 9.84 Å². The second kappa shape index (κ2) is 6.37. The molecule has 0 atom stereocenters. The van der Waals surface area contributed by atoms with Crippen LogP contribution in [0.1, 0.15) is 42.7 Å². The molecule has 2 rings (SSSR count). The van der Waals surface area contributed by atoms with Crippen LogP contribution in [0.2, 0.25) is 0 Å². The van der Waals surface area contributed by atoms with Gasteiger partial charge >= 0.3 is 0 Å². The minimum absolute atomic E-state index is 0.179. The monoisotopic (exact) mass is 272 g/mol. The van der Waals surface area contributed by atoms with Gasteiger partial charge in [0.15, 0.2) is 11.5 Å². The first-order valence-corrected chi connectivity index (χ1v) is 6.98. The molecule has 4 heteroatoms. The molecular weight excluding hydrogens is 252 g/mol. The van der Waals surface area contributed by atoms with Gasteiger partial charge in [0, 0.05) is 17.7 Å². The summed E-state index contributed by atoms with van der Waals surface area (Å²) in [5.41, 5.74) is 2.40. The van der Waals surface area contributed by atoms with Crippen molar-refractivity contribution in [3.05, 3.63) is 41.6 Å². The number of nitrogens with zero attached hydrogens (tertiary/aromatic N) is 1. The highest BCUT2D eigenvalue weighted by atomic mass is 16.5. The molecule has 1 aromatic heterocycles. The summed E-state index contributed by atoms with van der Waals surface area (Å²) in [7, 11) is 0. The highest BCUT2D eigenvalue weighted by Gasteiger charge is 2.16. The molecule has 0 saturated carbocycles. The van der Waals surface area contributed by atoms with Crippen LogP contribution < -0.4 is 5.32 Å². The Kier molecular flexibility index (Phi) is 4.56. The number of aromatic nitrogens is 1. The van der Waals surface area contributed by atoms with Gasteiger partial charge in [0.05, 0.1) is 0 Å². The Labute approximate surface area is 119 Å². The maximum absolute atomic E-state index is 12.1. The van der Waals surface area contributed by atoms with Crippen molar-refractivity contribution in [2.75, 3.05) is 0 Å². The zero-order valence-electron chi connectivity index (χ0n) is 12.1. The number of benzene rings is 1. The van der Waals surface area contributed by atoms with Crippen molar-refractivity contribution in [3.63, 3.8) is 0 Å². The molecule has 0 fully saturated rings. The van der Waals surface area contributed by atoms with Gasteiger partial charge in [-0.25, -0.2) is 0 Å². The molecule has 0 spiro atoms. The van der Waals surface area contributed by atoms with E-state index in [1.165, 1.54) is 0 Å². The van der Waals surface area contributed by atoms with Crippen molar-refractivity contribution >= 4 is 5.91 Å². The van der Waals surface area contributed by atoms with E-state index in [9.17, 15) is 4.79 Å². The third-order valence-corrected chi connectivity index (χ3v) is 3.37. The fourth-order valence-electron chi connectivity index (χ4n) is 2.07. The van der Waals surface area contributed by atoms with Crippen molar-refractivity contribution in [2.24, 2.45) is 0 Å². The summed E-state index contributed by atoms with van der Waals surface area (Å²) in [6, 6.07) is 9.78. The quantitative estimate of drug-likeness (QED) is 0.905. The topological polar surface area (TPSA) is 55.1 Å². The van der Waals surface area contributed by atoms with Crippen molar-refractivity contribution in [1.29, 1.82) is 0 Å². The van der Waals surface area contributed by atoms with Crippen LogP contribution in [0.4, 0.5) is 0 Å². The molecule has 1 N–H and O–H groups in total. The first-order chi connectivity index (χ1) is 9.63. The van der Waals surface area contributed by atoms with E-state index in [0.29, 0.717) is 11.5 Å². The molecule has 0 unspecified atom stereocenters. The Morgan fingerprint density at radius 3 is 2.70 bits per heavy atom. The summed E-state index contributed by atoms with van der Waals surface area (Å²) in [5, 5.41) is 6.80. The van der Waals surface area contributed by atoms with Crippen LogP contribution in [0.5, 0.6) is 0 Å². The number of carbonyl (C=O) groups is 1. The lowest BCUT2D eigenvalue weighted by Crippen LogP contribution is -2.33. The Hall–Kier alpha value is -2.10. The lowest BCUT2D eigenvalue weighted by Gasteiger charge is -2.12. The summed E-state index contributed by atoms with van der Waals surface area (Å²) in [6.45, 7) is 6.12. The van der Waals surface area contributed by atoms with Gasteiger partial charge in [-0.3, -0.25) is 4.79 Å². The Bertz CT molecular complexity index is 586. The minimum atomic E-state index is -0.179. The fourth-order valence-corrected chi connectivity index (χ4v) is 2.07. The number of carbonyl (C=O) groups excluding carboxylic acids is 1. The number of hydrogen-bond donors (Lipinski definition) is 1. The van der Waals surface area contributed by atoms with E-state index in [1.54, 1.807) is 6.07 Å². The largest absolute Gasteiger partial charge is 0.355 e. The maximum atomic E-state index is 12.1. The average molecular weight is 272 g/mol. The highest BCUT2D eigenvalue weighted by Crippen LogP contribution is 2.21. The van der Waals surface area contributed by atoms with E-state index in [1.807, 2.05) is 31.2 Å². The van der Waals surface area contributed by atoms with E-state index >= 15 is 0 Å². The summed E-state index contributed by atoms with van der Waals surface area (Å²) in [5.74, 6) is 0.435. The Balaban J connectivity index is 2.14. The van der Waals surface area contributed by atoms with Crippen LogP contribution in [0.3, 0.4) is 0 Å². The molecule has 0 bridgehead atoms. The lowest BCUT2D eigenvalue weighted by molar-refractivity contribution is 0.0926. The van der Waals surface area contributed by atoms with Gasteiger partial charge in [0.2, 0.25) is 0 Å². The van der Waals surface area contributed by atoms with E-state index in [0.717, 1.165) is 24.0 Å². The fraction of sp³-hybridized carbons (Fsp3) is 0.375. The van der Waals surface area contributed by atoms with Crippen LogP contribution in [-0.2, 0) is 0 Å². The molecule has 1 heterocycles. The molecule has 0 radical (unpaired) electrons. The van der Waals surface area contributed by atoms with Crippen LogP contribution in [0, 0.1) is 6.92 Å². The number of rotatable bonds is 5. The zero-order valence-corrected chi connectivity index (χ0v) is 12.1. The Morgan fingerprint density at radius 1 is 1.30 bits per heavy atom. The smallest absolute Gasteiger partial charge is 0.273 e. The molecule has 0 aliphatic rings. The molecular formula is C16H20N2O2. The standard InChI is InChI=1S/C16H20N2O2/c1-4-13(5-2)17-16(19)14-10-15(20-18-14)12-8-6-7-11(3)9-12/h6-10,13H,4-5H2,1-3H3,(H,17,19). The molecule has 20 heavy (non-hydrogen) atoms. The third-order valence-electron chi connectivity index (χ3n) is 3.37. The van der Waals surface area contributed by atoms with E-state index in [-0.39, 0.29) is 11.9 Å². The average Bonchev–Trinajstić information content (AvgIpc) is 2.94. The number of amides is 1. The van der Waals surface area contributed by atoms with Gasteiger partial charge in [0.1, 0.15) is 0 Å². The molecule has 0 aliphatic heterocycles. The summed E-state index contributed by atoms with van der Waals surface area (Å²) < 4.78 is 5.26. The lowest BCUT2D eigenvalue weighted by atomic mass is 10.1. The highest BCUT2D eigenvalue weighted by molar-refractivity contribution is 5.93. The summed E-state index contributed by atoms with van der Waals surface area (Å²) >= 11 is 0. The van der Waals surface area contributed by atoms with Crippen LogP contribution in [0.25, 0.3) is 11.3 Å². The zero-order chi connectivity index (χ0) is 14.5. The Morgan fingerprint density at radius 2 is 2.05 bits per heavy atom. The number of hydrogen-bond acceptors (Lipinski definition) is 3. The third kappa shape index (κ3) is 3.26. The van der Waals surface area contributed by atoms with Gasteiger partial charge in [0.25, 0.3) is 5.91 Å². The molecule has 1 aromatic carbocycles. The van der Waals surface area contributed by atoms with E-state index < -0.39 is 0 Å². The summed E-state index contributed by atoms with van der Waals surface area (Å²) in [4.78, 5) is 12.1. The molecule has 0 aliphatic carbocycles. The predicted molar refractivity (Wildman–Crippen MR) is 78.5 cm³/mol.